The van der Waals surface area contributed by atoms with Crippen molar-refractivity contribution in [3.05, 3.63) is 41.7 Å². The largest absolute Gasteiger partial charge is 0.490 e. The second-order valence-electron chi connectivity index (χ2n) is 6.95. The molecule has 1 aliphatic rings. The zero-order valence-corrected chi connectivity index (χ0v) is 16.6. The van der Waals surface area contributed by atoms with Crippen LogP contribution in [0.4, 0.5) is 17.6 Å². The Labute approximate surface area is 172 Å². The quantitative estimate of drug-likeness (QED) is 0.669. The SMILES string of the molecule is CN(CC(=O)O)C1CCCN(CC=Cc2ccc(F)cc2)CC1.O=C(O)C(F)(F)F. The number of carbonyl (C=O) groups is 2. The van der Waals surface area contributed by atoms with Gasteiger partial charge in [-0.05, 0) is 57.1 Å². The van der Waals surface area contributed by atoms with Gasteiger partial charge in [0, 0.05) is 12.6 Å². The molecule has 168 valence electrons. The van der Waals surface area contributed by atoms with E-state index in [-0.39, 0.29) is 12.4 Å². The molecule has 1 unspecified atom stereocenters. The number of aliphatic carboxylic acids is 2. The summed E-state index contributed by atoms with van der Waals surface area (Å²) >= 11 is 0. The maximum atomic E-state index is 12.9. The van der Waals surface area contributed by atoms with Gasteiger partial charge in [0.1, 0.15) is 5.82 Å². The van der Waals surface area contributed by atoms with Crippen LogP contribution in [0.3, 0.4) is 0 Å². The molecule has 2 rings (SSSR count). The lowest BCUT2D eigenvalue weighted by atomic mass is 10.1. The summed E-state index contributed by atoms with van der Waals surface area (Å²) in [6.45, 7) is 2.98. The number of alkyl halides is 3. The van der Waals surface area contributed by atoms with Crippen LogP contribution in [0.15, 0.2) is 30.3 Å². The standard InChI is InChI=1S/C18H25FN2O2.C2HF3O2/c1-20(14-18(22)23)17-5-3-12-21(13-10-17)11-2-4-15-6-8-16(19)9-7-15;3-2(4,5)1(6)7/h2,4,6-9,17H,3,5,10-14H2,1H3,(H,22,23);(H,6,7). The van der Waals surface area contributed by atoms with E-state index in [1.165, 1.54) is 12.1 Å². The fourth-order valence-corrected chi connectivity index (χ4v) is 3.02. The summed E-state index contributed by atoms with van der Waals surface area (Å²) in [6, 6.07) is 6.82. The number of benzene rings is 1. The summed E-state index contributed by atoms with van der Waals surface area (Å²) < 4.78 is 44.6. The number of nitrogens with zero attached hydrogens (tertiary/aromatic N) is 2. The van der Waals surface area contributed by atoms with Gasteiger partial charge < -0.3 is 10.2 Å². The molecule has 1 aromatic rings. The molecule has 1 atom stereocenters. The van der Waals surface area contributed by atoms with E-state index >= 15 is 0 Å². The van der Waals surface area contributed by atoms with Gasteiger partial charge in [0.2, 0.25) is 0 Å². The molecule has 1 fully saturated rings. The van der Waals surface area contributed by atoms with E-state index in [0.717, 1.165) is 44.5 Å². The Morgan fingerprint density at radius 2 is 1.77 bits per heavy atom. The second kappa shape index (κ2) is 12.3. The monoisotopic (exact) mass is 434 g/mol. The highest BCUT2D eigenvalue weighted by Crippen LogP contribution is 2.16. The smallest absolute Gasteiger partial charge is 0.480 e. The molecule has 0 saturated carbocycles. The van der Waals surface area contributed by atoms with E-state index in [2.05, 4.69) is 11.0 Å². The third-order valence-electron chi connectivity index (χ3n) is 4.58. The van der Waals surface area contributed by atoms with Crippen molar-refractivity contribution in [2.45, 2.75) is 31.5 Å². The lowest BCUT2D eigenvalue weighted by molar-refractivity contribution is -0.192. The van der Waals surface area contributed by atoms with Crippen molar-refractivity contribution >= 4 is 18.0 Å². The van der Waals surface area contributed by atoms with Gasteiger partial charge in [-0.2, -0.15) is 13.2 Å². The lowest BCUT2D eigenvalue weighted by Gasteiger charge is -2.25. The van der Waals surface area contributed by atoms with Crippen molar-refractivity contribution in [2.75, 3.05) is 33.2 Å². The van der Waals surface area contributed by atoms with Gasteiger partial charge in [-0.1, -0.05) is 24.3 Å². The van der Waals surface area contributed by atoms with E-state index in [9.17, 15) is 22.4 Å². The summed E-state index contributed by atoms with van der Waals surface area (Å²) in [6.07, 6.45) is 2.15. The molecule has 6 nitrogen and oxygen atoms in total. The van der Waals surface area contributed by atoms with Crippen LogP contribution in [-0.4, -0.2) is 77.4 Å². The van der Waals surface area contributed by atoms with Gasteiger partial charge in [-0.3, -0.25) is 14.6 Å². The van der Waals surface area contributed by atoms with Crippen molar-refractivity contribution < 1.29 is 37.4 Å². The molecule has 1 aromatic carbocycles. The van der Waals surface area contributed by atoms with Gasteiger partial charge >= 0.3 is 18.1 Å². The van der Waals surface area contributed by atoms with Gasteiger partial charge in [0.15, 0.2) is 0 Å². The Kier molecular flexibility index (Phi) is 10.5. The highest BCUT2D eigenvalue weighted by Gasteiger charge is 2.38. The Balaban J connectivity index is 0.000000553. The molecule has 1 saturated heterocycles. The van der Waals surface area contributed by atoms with Crippen LogP contribution in [0.5, 0.6) is 0 Å². The number of likely N-dealkylation sites (N-methyl/N-ethyl adjacent to an activating group) is 1. The fraction of sp³-hybridized carbons (Fsp3) is 0.500. The maximum Gasteiger partial charge on any atom is 0.490 e. The number of hydrogen-bond donors (Lipinski definition) is 2. The summed E-state index contributed by atoms with van der Waals surface area (Å²) in [5.74, 6) is -3.74. The van der Waals surface area contributed by atoms with Crippen molar-refractivity contribution in [1.29, 1.82) is 0 Å². The molecule has 1 heterocycles. The first-order valence-electron chi connectivity index (χ1n) is 9.35. The van der Waals surface area contributed by atoms with E-state index < -0.39 is 18.1 Å². The van der Waals surface area contributed by atoms with Crippen molar-refractivity contribution in [1.82, 2.24) is 9.80 Å². The zero-order chi connectivity index (χ0) is 22.7. The zero-order valence-electron chi connectivity index (χ0n) is 16.6. The number of hydrogen-bond acceptors (Lipinski definition) is 4. The topological polar surface area (TPSA) is 81.1 Å². The minimum absolute atomic E-state index is 0.106. The summed E-state index contributed by atoms with van der Waals surface area (Å²) in [5.41, 5.74) is 1.00. The second-order valence-corrected chi connectivity index (χ2v) is 6.95. The molecule has 10 heteroatoms. The average molecular weight is 434 g/mol. The van der Waals surface area contributed by atoms with E-state index in [1.54, 1.807) is 12.1 Å². The van der Waals surface area contributed by atoms with Crippen LogP contribution in [-0.2, 0) is 9.59 Å². The van der Waals surface area contributed by atoms with Crippen molar-refractivity contribution in [2.24, 2.45) is 0 Å². The summed E-state index contributed by atoms with van der Waals surface area (Å²) in [7, 11) is 1.89. The normalized spacial score (nSPS) is 18.0. The minimum atomic E-state index is -5.08. The predicted octanol–water partition coefficient (Wildman–Crippen LogP) is 3.34. The van der Waals surface area contributed by atoms with Gasteiger partial charge in [-0.25, -0.2) is 9.18 Å². The van der Waals surface area contributed by atoms with Gasteiger partial charge in [-0.15, -0.1) is 0 Å². The number of likely N-dealkylation sites (tertiary alicyclic amines) is 1. The molecule has 2 N–H and O–H groups in total. The summed E-state index contributed by atoms with van der Waals surface area (Å²) in [4.78, 5) is 24.0. The minimum Gasteiger partial charge on any atom is -0.480 e. The Bertz CT molecular complexity index is 708. The average Bonchev–Trinajstić information content (AvgIpc) is 2.88. The number of carboxylic acid groups (broad SMARTS) is 2. The summed E-state index contributed by atoms with van der Waals surface area (Å²) in [5, 5.41) is 16.0. The van der Waals surface area contributed by atoms with Crippen LogP contribution >= 0.6 is 0 Å². The van der Waals surface area contributed by atoms with Crippen LogP contribution in [0, 0.1) is 5.82 Å². The molecule has 0 aromatic heterocycles. The first kappa shape index (κ1) is 25.6. The predicted molar refractivity (Wildman–Crippen MR) is 103 cm³/mol. The first-order chi connectivity index (χ1) is 14.0. The lowest BCUT2D eigenvalue weighted by Crippen LogP contribution is -2.36. The molecular weight excluding hydrogens is 408 g/mol. The molecule has 1 aliphatic heterocycles. The van der Waals surface area contributed by atoms with Crippen molar-refractivity contribution in [3.8, 4) is 0 Å². The molecule has 0 aliphatic carbocycles. The molecule has 0 amide bonds. The van der Waals surface area contributed by atoms with Crippen molar-refractivity contribution in [3.63, 3.8) is 0 Å². The van der Waals surface area contributed by atoms with Crippen LogP contribution < -0.4 is 0 Å². The van der Waals surface area contributed by atoms with E-state index in [4.69, 9.17) is 15.0 Å². The number of carboxylic acids is 2. The van der Waals surface area contributed by atoms with E-state index in [0.29, 0.717) is 6.04 Å². The number of halogens is 4. The third-order valence-corrected chi connectivity index (χ3v) is 4.58. The molecular formula is C20H26F4N2O4. The highest BCUT2D eigenvalue weighted by molar-refractivity contribution is 5.73. The molecule has 0 radical (unpaired) electrons. The third kappa shape index (κ3) is 10.4. The molecule has 30 heavy (non-hydrogen) atoms. The Hall–Kier alpha value is -2.46. The van der Waals surface area contributed by atoms with Crippen LogP contribution in [0.2, 0.25) is 0 Å². The molecule has 0 spiro atoms. The van der Waals surface area contributed by atoms with Crippen LogP contribution in [0.25, 0.3) is 6.08 Å². The highest BCUT2D eigenvalue weighted by atomic mass is 19.4. The van der Waals surface area contributed by atoms with Crippen LogP contribution in [0.1, 0.15) is 24.8 Å². The Morgan fingerprint density at radius 3 is 2.30 bits per heavy atom. The Morgan fingerprint density at radius 1 is 1.17 bits per heavy atom. The van der Waals surface area contributed by atoms with Gasteiger partial charge in [0.25, 0.3) is 0 Å². The fourth-order valence-electron chi connectivity index (χ4n) is 3.02. The van der Waals surface area contributed by atoms with E-state index in [1.807, 2.05) is 18.0 Å². The maximum absolute atomic E-state index is 12.9. The molecule has 0 bridgehead atoms. The first-order valence-corrected chi connectivity index (χ1v) is 9.35. The number of rotatable bonds is 6. The van der Waals surface area contributed by atoms with Gasteiger partial charge in [0.05, 0.1) is 6.54 Å².